The summed E-state index contributed by atoms with van der Waals surface area (Å²) in [6.45, 7) is 5.42. The number of nitrogens with zero attached hydrogens (tertiary/aromatic N) is 1. The maximum absolute atomic E-state index is 11.3. The standard InChI is InChI=1S/C17H25NO/c1-13-4-5-15(12-14(13)2)10-11-18(3)16-6-8-17(19)9-7-16/h4-5,12,16H,6-11H2,1-3H3. The van der Waals surface area contributed by atoms with Crippen LogP contribution in [-0.2, 0) is 11.2 Å². The highest BCUT2D eigenvalue weighted by Gasteiger charge is 2.21. The lowest BCUT2D eigenvalue weighted by molar-refractivity contribution is -0.121. The molecule has 1 saturated carbocycles. The van der Waals surface area contributed by atoms with Crippen LogP contribution in [0.4, 0.5) is 0 Å². The number of hydrogen-bond acceptors (Lipinski definition) is 2. The summed E-state index contributed by atoms with van der Waals surface area (Å²) in [6.07, 6.45) is 4.74. The summed E-state index contributed by atoms with van der Waals surface area (Å²) in [6, 6.07) is 7.35. The Morgan fingerprint density at radius 1 is 1.16 bits per heavy atom. The maximum atomic E-state index is 11.3. The molecule has 104 valence electrons. The molecule has 2 nitrogen and oxygen atoms in total. The van der Waals surface area contributed by atoms with Crippen molar-refractivity contribution in [3.63, 3.8) is 0 Å². The zero-order valence-electron chi connectivity index (χ0n) is 12.4. The van der Waals surface area contributed by atoms with Crippen LogP contribution in [-0.4, -0.2) is 30.3 Å². The van der Waals surface area contributed by atoms with E-state index in [0.29, 0.717) is 11.8 Å². The minimum Gasteiger partial charge on any atom is -0.303 e. The Bertz CT molecular complexity index is 443. The van der Waals surface area contributed by atoms with Gasteiger partial charge in [-0.25, -0.2) is 0 Å². The molecule has 0 radical (unpaired) electrons. The zero-order chi connectivity index (χ0) is 13.8. The van der Waals surface area contributed by atoms with Gasteiger partial charge in [0.05, 0.1) is 0 Å². The molecule has 1 aliphatic rings. The second kappa shape index (κ2) is 6.33. The van der Waals surface area contributed by atoms with E-state index in [0.717, 1.165) is 38.6 Å². The first-order valence-electron chi connectivity index (χ1n) is 7.34. The predicted molar refractivity (Wildman–Crippen MR) is 79.5 cm³/mol. The fraction of sp³-hybridized carbons (Fsp3) is 0.588. The van der Waals surface area contributed by atoms with Crippen molar-refractivity contribution in [2.45, 2.75) is 52.0 Å². The van der Waals surface area contributed by atoms with Crippen molar-refractivity contribution in [1.29, 1.82) is 0 Å². The minimum absolute atomic E-state index is 0.443. The fourth-order valence-electron chi connectivity index (χ4n) is 2.81. The van der Waals surface area contributed by atoms with Crippen molar-refractivity contribution in [2.24, 2.45) is 0 Å². The van der Waals surface area contributed by atoms with Gasteiger partial charge in [0.1, 0.15) is 5.78 Å². The Morgan fingerprint density at radius 3 is 2.47 bits per heavy atom. The SMILES string of the molecule is Cc1ccc(CCN(C)C2CCC(=O)CC2)cc1C. The molecular weight excluding hydrogens is 234 g/mol. The highest BCUT2D eigenvalue weighted by molar-refractivity contribution is 5.79. The van der Waals surface area contributed by atoms with E-state index in [1.807, 2.05) is 0 Å². The summed E-state index contributed by atoms with van der Waals surface area (Å²) < 4.78 is 0. The lowest BCUT2D eigenvalue weighted by Gasteiger charge is -2.30. The molecule has 0 amide bonds. The van der Waals surface area contributed by atoms with Crippen molar-refractivity contribution in [3.8, 4) is 0 Å². The van der Waals surface area contributed by atoms with Crippen LogP contribution in [0.5, 0.6) is 0 Å². The van der Waals surface area contributed by atoms with Crippen molar-refractivity contribution in [3.05, 3.63) is 34.9 Å². The maximum Gasteiger partial charge on any atom is 0.133 e. The van der Waals surface area contributed by atoms with E-state index in [2.05, 4.69) is 44.0 Å². The van der Waals surface area contributed by atoms with Gasteiger partial charge in [-0.2, -0.15) is 0 Å². The molecule has 0 aromatic heterocycles. The quantitative estimate of drug-likeness (QED) is 0.827. The van der Waals surface area contributed by atoms with Crippen LogP contribution in [0.1, 0.15) is 42.4 Å². The third-order valence-corrected chi connectivity index (χ3v) is 4.46. The zero-order valence-corrected chi connectivity index (χ0v) is 12.4. The molecular formula is C17H25NO. The molecule has 1 aromatic rings. The van der Waals surface area contributed by atoms with Gasteiger partial charge in [0, 0.05) is 25.4 Å². The average Bonchev–Trinajstić information content (AvgIpc) is 2.40. The normalized spacial score (nSPS) is 17.2. The number of carbonyl (C=O) groups is 1. The van der Waals surface area contributed by atoms with Gasteiger partial charge in [-0.3, -0.25) is 4.79 Å². The number of benzene rings is 1. The van der Waals surface area contributed by atoms with Crippen molar-refractivity contribution >= 4 is 5.78 Å². The fourth-order valence-corrected chi connectivity index (χ4v) is 2.81. The predicted octanol–water partition coefficient (Wildman–Crippen LogP) is 3.29. The molecule has 0 atom stereocenters. The van der Waals surface area contributed by atoms with Crippen LogP contribution < -0.4 is 0 Å². The first kappa shape index (κ1) is 14.3. The summed E-state index contributed by atoms with van der Waals surface area (Å²) in [5.41, 5.74) is 4.16. The van der Waals surface area contributed by atoms with E-state index in [1.54, 1.807) is 0 Å². The summed E-state index contributed by atoms with van der Waals surface area (Å²) in [7, 11) is 2.20. The molecule has 0 spiro atoms. The second-order valence-electron chi connectivity index (χ2n) is 5.92. The van der Waals surface area contributed by atoms with Crippen LogP contribution >= 0.6 is 0 Å². The van der Waals surface area contributed by atoms with Crippen LogP contribution in [0.2, 0.25) is 0 Å². The average molecular weight is 259 g/mol. The summed E-state index contributed by atoms with van der Waals surface area (Å²) in [5, 5.41) is 0. The van der Waals surface area contributed by atoms with E-state index < -0.39 is 0 Å². The molecule has 19 heavy (non-hydrogen) atoms. The molecule has 0 aliphatic heterocycles. The van der Waals surface area contributed by atoms with Gasteiger partial charge in [-0.05, 0) is 56.8 Å². The number of ketones is 1. The van der Waals surface area contributed by atoms with Gasteiger partial charge in [0.15, 0.2) is 0 Å². The smallest absolute Gasteiger partial charge is 0.133 e. The van der Waals surface area contributed by atoms with Crippen LogP contribution in [0.15, 0.2) is 18.2 Å². The number of likely N-dealkylation sites (N-methyl/N-ethyl adjacent to an activating group) is 1. The lowest BCUT2D eigenvalue weighted by Crippen LogP contribution is -2.36. The van der Waals surface area contributed by atoms with E-state index in [-0.39, 0.29) is 0 Å². The number of aryl methyl sites for hydroxylation is 2. The van der Waals surface area contributed by atoms with Crippen LogP contribution in [0.25, 0.3) is 0 Å². The van der Waals surface area contributed by atoms with Gasteiger partial charge in [-0.15, -0.1) is 0 Å². The van der Waals surface area contributed by atoms with E-state index in [9.17, 15) is 4.79 Å². The van der Waals surface area contributed by atoms with E-state index in [1.165, 1.54) is 16.7 Å². The molecule has 0 saturated heterocycles. The Morgan fingerprint density at radius 2 is 1.84 bits per heavy atom. The minimum atomic E-state index is 0.443. The molecule has 0 unspecified atom stereocenters. The molecule has 0 bridgehead atoms. The second-order valence-corrected chi connectivity index (χ2v) is 5.92. The largest absolute Gasteiger partial charge is 0.303 e. The first-order valence-corrected chi connectivity index (χ1v) is 7.34. The molecule has 1 aromatic carbocycles. The van der Waals surface area contributed by atoms with Gasteiger partial charge < -0.3 is 4.90 Å². The van der Waals surface area contributed by atoms with Gasteiger partial charge in [0.2, 0.25) is 0 Å². The third-order valence-electron chi connectivity index (χ3n) is 4.46. The molecule has 1 aliphatic carbocycles. The topological polar surface area (TPSA) is 20.3 Å². The number of carbonyl (C=O) groups excluding carboxylic acids is 1. The Balaban J connectivity index is 1.84. The highest BCUT2D eigenvalue weighted by Crippen LogP contribution is 2.20. The van der Waals surface area contributed by atoms with Crippen molar-refractivity contribution in [2.75, 3.05) is 13.6 Å². The monoisotopic (exact) mass is 259 g/mol. The molecule has 0 N–H and O–H groups in total. The molecule has 2 heteroatoms. The Hall–Kier alpha value is -1.15. The van der Waals surface area contributed by atoms with Gasteiger partial charge in [0.25, 0.3) is 0 Å². The lowest BCUT2D eigenvalue weighted by atomic mass is 9.93. The molecule has 2 rings (SSSR count). The number of Topliss-reactive ketones (excluding diaryl/α,β-unsaturated/α-hetero) is 1. The Kier molecular flexibility index (Phi) is 4.76. The van der Waals surface area contributed by atoms with E-state index >= 15 is 0 Å². The van der Waals surface area contributed by atoms with Crippen LogP contribution in [0.3, 0.4) is 0 Å². The van der Waals surface area contributed by atoms with Crippen molar-refractivity contribution in [1.82, 2.24) is 4.90 Å². The first-order chi connectivity index (χ1) is 9.06. The molecule has 1 fully saturated rings. The van der Waals surface area contributed by atoms with E-state index in [4.69, 9.17) is 0 Å². The summed E-state index contributed by atoms with van der Waals surface area (Å²) in [4.78, 5) is 13.7. The van der Waals surface area contributed by atoms with Gasteiger partial charge in [-0.1, -0.05) is 18.2 Å². The highest BCUT2D eigenvalue weighted by atomic mass is 16.1. The third kappa shape index (κ3) is 3.90. The number of hydrogen-bond donors (Lipinski definition) is 0. The molecule has 0 heterocycles. The summed E-state index contributed by atoms with van der Waals surface area (Å²) >= 11 is 0. The summed E-state index contributed by atoms with van der Waals surface area (Å²) in [5.74, 6) is 0.443. The Labute approximate surface area is 116 Å². The van der Waals surface area contributed by atoms with Gasteiger partial charge >= 0.3 is 0 Å². The van der Waals surface area contributed by atoms with Crippen LogP contribution in [0, 0.1) is 13.8 Å². The number of rotatable bonds is 4. The van der Waals surface area contributed by atoms with Crippen molar-refractivity contribution < 1.29 is 4.79 Å².